The Morgan fingerprint density at radius 1 is 0.773 bits per heavy atom. The van der Waals surface area contributed by atoms with Crippen molar-refractivity contribution >= 4 is 51.5 Å². The summed E-state index contributed by atoms with van der Waals surface area (Å²) in [7, 11) is 0. The Hall–Kier alpha value is -1.74. The van der Waals surface area contributed by atoms with E-state index in [-0.39, 0.29) is 16.3 Å². The lowest BCUT2D eigenvalue weighted by molar-refractivity contribution is 0.0737. The van der Waals surface area contributed by atoms with E-state index in [4.69, 9.17) is 39.5 Å². The lowest BCUT2D eigenvalue weighted by atomic mass is 10.1. The first-order valence-corrected chi connectivity index (χ1v) is 7.55. The standard InChI is InChI=1S/C17H9Cl3O2/c18-13-8-4-3-7-12(13)17(21)22-16-11-6-2-1-5-10(11)14(19)9-15(16)20/h1-9H. The highest BCUT2D eigenvalue weighted by atomic mass is 35.5. The molecule has 0 unspecified atom stereocenters. The maximum atomic E-state index is 12.3. The Balaban J connectivity index is 2.08. The lowest BCUT2D eigenvalue weighted by Gasteiger charge is -2.11. The number of benzene rings is 3. The number of ether oxygens (including phenoxy) is 1. The van der Waals surface area contributed by atoms with E-state index in [1.165, 1.54) is 0 Å². The van der Waals surface area contributed by atoms with Gasteiger partial charge in [-0.25, -0.2) is 4.79 Å². The topological polar surface area (TPSA) is 26.3 Å². The van der Waals surface area contributed by atoms with Crippen LogP contribution in [0.1, 0.15) is 10.4 Å². The average molecular weight is 352 g/mol. The van der Waals surface area contributed by atoms with Crippen molar-refractivity contribution in [1.82, 2.24) is 0 Å². The minimum atomic E-state index is -0.569. The molecule has 0 amide bonds. The molecule has 5 heteroatoms. The highest BCUT2D eigenvalue weighted by Crippen LogP contribution is 2.38. The third-order valence-corrected chi connectivity index (χ3v) is 4.11. The Kier molecular flexibility index (Phi) is 4.25. The SMILES string of the molecule is O=C(Oc1c(Cl)cc(Cl)c2ccccc12)c1ccccc1Cl. The van der Waals surface area contributed by atoms with Crippen molar-refractivity contribution in [2.24, 2.45) is 0 Å². The first-order valence-electron chi connectivity index (χ1n) is 6.41. The second-order valence-electron chi connectivity index (χ2n) is 4.58. The number of carbonyl (C=O) groups is 1. The van der Waals surface area contributed by atoms with Gasteiger partial charge in [-0.15, -0.1) is 0 Å². The second-order valence-corrected chi connectivity index (χ2v) is 5.81. The van der Waals surface area contributed by atoms with Gasteiger partial charge in [0.2, 0.25) is 0 Å². The Morgan fingerprint density at radius 2 is 1.41 bits per heavy atom. The first kappa shape index (κ1) is 15.2. The smallest absolute Gasteiger partial charge is 0.345 e. The third-order valence-electron chi connectivity index (χ3n) is 3.19. The zero-order valence-corrected chi connectivity index (χ0v) is 13.4. The fourth-order valence-corrected chi connectivity index (χ4v) is 2.94. The molecule has 0 aliphatic heterocycles. The average Bonchev–Trinajstić information content (AvgIpc) is 2.51. The van der Waals surface area contributed by atoms with Gasteiger partial charge in [-0.3, -0.25) is 0 Å². The van der Waals surface area contributed by atoms with Crippen LogP contribution in [-0.4, -0.2) is 5.97 Å². The molecule has 0 aliphatic rings. The van der Waals surface area contributed by atoms with E-state index >= 15 is 0 Å². The molecule has 0 bridgehead atoms. The minimum absolute atomic E-state index is 0.268. The number of carbonyl (C=O) groups excluding carboxylic acids is 1. The van der Waals surface area contributed by atoms with Gasteiger partial charge in [0.25, 0.3) is 0 Å². The molecule has 0 saturated carbocycles. The van der Waals surface area contributed by atoms with Crippen LogP contribution in [0.25, 0.3) is 10.8 Å². The molecule has 0 spiro atoms. The Bertz CT molecular complexity index is 875. The third kappa shape index (κ3) is 2.78. The zero-order chi connectivity index (χ0) is 15.7. The van der Waals surface area contributed by atoms with E-state index in [1.807, 2.05) is 18.2 Å². The van der Waals surface area contributed by atoms with E-state index in [2.05, 4.69) is 0 Å². The molecule has 0 atom stereocenters. The van der Waals surface area contributed by atoms with Gasteiger partial charge in [0.1, 0.15) is 0 Å². The van der Waals surface area contributed by atoms with Crippen LogP contribution in [0, 0.1) is 0 Å². The molecular formula is C17H9Cl3O2. The molecule has 0 aliphatic carbocycles. The summed E-state index contributed by atoms with van der Waals surface area (Å²) in [6.07, 6.45) is 0. The van der Waals surface area contributed by atoms with Gasteiger partial charge < -0.3 is 4.74 Å². The van der Waals surface area contributed by atoms with Crippen molar-refractivity contribution in [2.75, 3.05) is 0 Å². The van der Waals surface area contributed by atoms with Gasteiger partial charge in [-0.05, 0) is 18.2 Å². The van der Waals surface area contributed by atoms with Crippen molar-refractivity contribution in [2.45, 2.75) is 0 Å². The monoisotopic (exact) mass is 350 g/mol. The van der Waals surface area contributed by atoms with Gasteiger partial charge in [0, 0.05) is 10.8 Å². The molecule has 0 radical (unpaired) electrons. The molecule has 3 aromatic rings. The summed E-state index contributed by atoms with van der Waals surface area (Å²) in [5.41, 5.74) is 0.277. The summed E-state index contributed by atoms with van der Waals surface area (Å²) >= 11 is 18.4. The summed E-state index contributed by atoms with van der Waals surface area (Å²) < 4.78 is 5.47. The zero-order valence-electron chi connectivity index (χ0n) is 11.1. The number of hydrogen-bond donors (Lipinski definition) is 0. The Morgan fingerprint density at radius 3 is 2.14 bits per heavy atom. The van der Waals surface area contributed by atoms with Crippen LogP contribution in [0.5, 0.6) is 5.75 Å². The normalized spacial score (nSPS) is 10.7. The van der Waals surface area contributed by atoms with E-state index in [9.17, 15) is 4.79 Å². The molecule has 110 valence electrons. The number of hydrogen-bond acceptors (Lipinski definition) is 2. The van der Waals surface area contributed by atoms with Crippen LogP contribution in [0.3, 0.4) is 0 Å². The summed E-state index contributed by atoms with van der Waals surface area (Å²) in [4.78, 5) is 12.3. The van der Waals surface area contributed by atoms with E-state index < -0.39 is 5.97 Å². The maximum Gasteiger partial charge on any atom is 0.345 e. The van der Waals surface area contributed by atoms with Crippen LogP contribution in [0.2, 0.25) is 15.1 Å². The molecule has 0 saturated heterocycles. The van der Waals surface area contributed by atoms with Crippen molar-refractivity contribution in [3.8, 4) is 5.75 Å². The maximum absolute atomic E-state index is 12.3. The first-order chi connectivity index (χ1) is 10.6. The van der Waals surface area contributed by atoms with Crippen LogP contribution in [0.4, 0.5) is 0 Å². The summed E-state index contributed by atoms with van der Waals surface area (Å²) in [5.74, 6) is -0.299. The fourth-order valence-electron chi connectivity index (χ4n) is 2.15. The second kappa shape index (κ2) is 6.17. The van der Waals surface area contributed by atoms with Crippen molar-refractivity contribution in [3.05, 3.63) is 75.2 Å². The van der Waals surface area contributed by atoms with Crippen LogP contribution < -0.4 is 4.74 Å². The van der Waals surface area contributed by atoms with E-state index in [0.29, 0.717) is 15.4 Å². The van der Waals surface area contributed by atoms with Crippen molar-refractivity contribution in [3.63, 3.8) is 0 Å². The quantitative estimate of drug-likeness (QED) is 0.417. The Labute approximate surface area is 142 Å². The number of halogens is 3. The molecule has 0 fully saturated rings. The van der Waals surface area contributed by atoms with Gasteiger partial charge in [-0.2, -0.15) is 0 Å². The summed E-state index contributed by atoms with van der Waals surface area (Å²) in [5, 5.41) is 2.51. The molecule has 0 N–H and O–H groups in total. The van der Waals surface area contributed by atoms with Crippen LogP contribution >= 0.6 is 34.8 Å². The van der Waals surface area contributed by atoms with Gasteiger partial charge in [0.05, 0.1) is 20.6 Å². The number of fused-ring (bicyclic) bond motifs is 1. The lowest BCUT2D eigenvalue weighted by Crippen LogP contribution is -2.09. The predicted octanol–water partition coefficient (Wildman–Crippen LogP) is 6.02. The van der Waals surface area contributed by atoms with Gasteiger partial charge in [-0.1, -0.05) is 71.2 Å². The van der Waals surface area contributed by atoms with Crippen molar-refractivity contribution in [1.29, 1.82) is 0 Å². The molecule has 3 rings (SSSR count). The van der Waals surface area contributed by atoms with E-state index in [1.54, 1.807) is 36.4 Å². The largest absolute Gasteiger partial charge is 0.421 e. The summed E-state index contributed by atoms with van der Waals surface area (Å²) in [6.45, 7) is 0. The van der Waals surface area contributed by atoms with Crippen molar-refractivity contribution < 1.29 is 9.53 Å². The fraction of sp³-hybridized carbons (Fsp3) is 0. The molecule has 0 heterocycles. The molecule has 0 aromatic heterocycles. The minimum Gasteiger partial charge on any atom is -0.421 e. The molecule has 22 heavy (non-hydrogen) atoms. The van der Waals surface area contributed by atoms with Gasteiger partial charge in [0.15, 0.2) is 5.75 Å². The highest BCUT2D eigenvalue weighted by Gasteiger charge is 2.17. The van der Waals surface area contributed by atoms with Crippen LogP contribution in [0.15, 0.2) is 54.6 Å². The van der Waals surface area contributed by atoms with Gasteiger partial charge >= 0.3 is 5.97 Å². The molecule has 2 nitrogen and oxygen atoms in total. The van der Waals surface area contributed by atoms with E-state index in [0.717, 1.165) is 5.39 Å². The molecular weight excluding hydrogens is 343 g/mol. The number of rotatable bonds is 2. The highest BCUT2D eigenvalue weighted by molar-refractivity contribution is 6.40. The molecule has 3 aromatic carbocycles. The summed E-state index contributed by atoms with van der Waals surface area (Å²) in [6, 6.07) is 15.5. The predicted molar refractivity (Wildman–Crippen MR) is 90.4 cm³/mol. The number of esters is 1. The van der Waals surface area contributed by atoms with Crippen LogP contribution in [-0.2, 0) is 0 Å².